The van der Waals surface area contributed by atoms with Gasteiger partial charge >= 0.3 is 0 Å². The van der Waals surface area contributed by atoms with Gasteiger partial charge in [-0.05, 0) is 24.3 Å². The number of hydrogen-bond donors (Lipinski definition) is 2. The summed E-state index contributed by atoms with van der Waals surface area (Å²) in [7, 11) is 0. The largest absolute Gasteiger partial charge is 0.354 e. The molecular weight excluding hydrogens is 404 g/mol. The van der Waals surface area contributed by atoms with E-state index in [0.717, 1.165) is 0 Å². The molecule has 0 aliphatic rings. The van der Waals surface area contributed by atoms with E-state index in [-0.39, 0.29) is 56.6 Å². The van der Waals surface area contributed by atoms with Gasteiger partial charge in [-0.2, -0.15) is 5.26 Å². The van der Waals surface area contributed by atoms with Gasteiger partial charge in [-0.3, -0.25) is 14.4 Å². The number of carbonyl (C=O) groups is 3. The molecule has 3 amide bonds. The van der Waals surface area contributed by atoms with Crippen molar-refractivity contribution in [2.45, 2.75) is 19.3 Å². The van der Waals surface area contributed by atoms with E-state index in [0.29, 0.717) is 16.3 Å². The molecular formula is C22H23ClN4O3. The van der Waals surface area contributed by atoms with Gasteiger partial charge in [0, 0.05) is 38.2 Å². The molecule has 8 heteroatoms. The van der Waals surface area contributed by atoms with Crippen LogP contribution in [0, 0.1) is 11.3 Å². The number of nitrogens with one attached hydrogen (secondary N) is 2. The fraction of sp³-hybridized carbons (Fsp3) is 0.273. The average molecular weight is 427 g/mol. The number of benzene rings is 2. The molecule has 2 N–H and O–H groups in total. The Labute approximate surface area is 180 Å². The molecule has 0 saturated heterocycles. The lowest BCUT2D eigenvalue weighted by Gasteiger charge is -2.21. The van der Waals surface area contributed by atoms with Crippen molar-refractivity contribution in [3.05, 3.63) is 65.2 Å². The highest BCUT2D eigenvalue weighted by Gasteiger charge is 2.16. The quantitative estimate of drug-likeness (QED) is 0.570. The highest BCUT2D eigenvalue weighted by Crippen LogP contribution is 2.16. The molecule has 156 valence electrons. The second-order valence-electron chi connectivity index (χ2n) is 6.37. The zero-order valence-electron chi connectivity index (χ0n) is 16.4. The molecule has 2 aromatic rings. The van der Waals surface area contributed by atoms with Crippen LogP contribution in [-0.4, -0.2) is 37.4 Å². The molecule has 0 aromatic heterocycles. The molecule has 30 heavy (non-hydrogen) atoms. The van der Waals surface area contributed by atoms with Gasteiger partial charge in [0.25, 0.3) is 5.91 Å². The van der Waals surface area contributed by atoms with Crippen LogP contribution in [0.25, 0.3) is 0 Å². The Hall–Kier alpha value is -3.37. The number of rotatable bonds is 10. The molecule has 2 rings (SSSR count). The van der Waals surface area contributed by atoms with Gasteiger partial charge in [0.15, 0.2) is 0 Å². The Morgan fingerprint density at radius 2 is 1.60 bits per heavy atom. The summed E-state index contributed by atoms with van der Waals surface area (Å²) in [5.74, 6) is -0.830. The van der Waals surface area contributed by atoms with E-state index in [4.69, 9.17) is 16.9 Å². The number of hydrogen-bond acceptors (Lipinski definition) is 4. The molecule has 7 nitrogen and oxygen atoms in total. The summed E-state index contributed by atoms with van der Waals surface area (Å²) < 4.78 is 0. The zero-order valence-corrected chi connectivity index (χ0v) is 17.2. The van der Waals surface area contributed by atoms with Gasteiger partial charge in [0.05, 0.1) is 23.1 Å². The molecule has 0 saturated carbocycles. The maximum Gasteiger partial charge on any atom is 0.252 e. The fourth-order valence-corrected chi connectivity index (χ4v) is 2.95. The lowest BCUT2D eigenvalue weighted by molar-refractivity contribution is -0.125. The van der Waals surface area contributed by atoms with E-state index in [1.165, 1.54) is 4.90 Å². The topological polar surface area (TPSA) is 102 Å². The van der Waals surface area contributed by atoms with Crippen molar-refractivity contribution in [2.75, 3.05) is 24.5 Å². The third kappa shape index (κ3) is 7.22. The van der Waals surface area contributed by atoms with Gasteiger partial charge in [0.2, 0.25) is 11.8 Å². The Morgan fingerprint density at radius 3 is 2.30 bits per heavy atom. The van der Waals surface area contributed by atoms with Gasteiger partial charge in [0.1, 0.15) is 0 Å². The van der Waals surface area contributed by atoms with E-state index >= 15 is 0 Å². The van der Waals surface area contributed by atoms with Crippen molar-refractivity contribution in [3.63, 3.8) is 0 Å². The summed E-state index contributed by atoms with van der Waals surface area (Å²) >= 11 is 5.97. The van der Waals surface area contributed by atoms with Crippen molar-refractivity contribution < 1.29 is 14.4 Å². The maximum absolute atomic E-state index is 12.5. The van der Waals surface area contributed by atoms with Crippen LogP contribution in [0.4, 0.5) is 5.69 Å². The van der Waals surface area contributed by atoms with Crippen LogP contribution in [0.5, 0.6) is 0 Å². The van der Waals surface area contributed by atoms with Crippen LogP contribution in [0.3, 0.4) is 0 Å². The summed E-state index contributed by atoms with van der Waals surface area (Å²) in [5, 5.41) is 14.5. The number of para-hydroxylation sites is 1. The zero-order chi connectivity index (χ0) is 21.8. The second-order valence-corrected chi connectivity index (χ2v) is 6.78. The van der Waals surface area contributed by atoms with Gasteiger partial charge in [-0.25, -0.2) is 0 Å². The normalized spacial score (nSPS) is 10.0. The first-order chi connectivity index (χ1) is 14.5. The minimum atomic E-state index is -0.318. The third-order valence-electron chi connectivity index (χ3n) is 4.23. The smallest absolute Gasteiger partial charge is 0.252 e. The molecule has 0 spiro atoms. The SMILES string of the molecule is N#CCCN(C(=O)CCC(=O)NCCNC(=O)c1ccccc1Cl)c1ccccc1. The fourth-order valence-electron chi connectivity index (χ4n) is 2.73. The van der Waals surface area contributed by atoms with Gasteiger partial charge < -0.3 is 15.5 Å². The summed E-state index contributed by atoms with van der Waals surface area (Å²) in [4.78, 5) is 38.1. The predicted octanol–water partition coefficient (Wildman–Crippen LogP) is 2.91. The van der Waals surface area contributed by atoms with Crippen molar-refractivity contribution in [1.29, 1.82) is 5.26 Å². The average Bonchev–Trinajstić information content (AvgIpc) is 2.76. The Morgan fingerprint density at radius 1 is 0.933 bits per heavy atom. The summed E-state index contributed by atoms with van der Waals surface area (Å²) in [6.07, 6.45) is 0.253. The number of nitrogens with zero attached hydrogens (tertiary/aromatic N) is 2. The summed E-state index contributed by atoms with van der Waals surface area (Å²) in [6, 6.07) is 17.8. The Kier molecular flexibility index (Phi) is 9.35. The second kappa shape index (κ2) is 12.2. The van der Waals surface area contributed by atoms with E-state index in [1.807, 2.05) is 24.3 Å². The van der Waals surface area contributed by atoms with Crippen molar-refractivity contribution >= 4 is 35.0 Å². The molecule has 0 aliphatic carbocycles. The summed E-state index contributed by atoms with van der Waals surface area (Å²) in [5.41, 5.74) is 1.06. The molecule has 0 fully saturated rings. The first kappa shape index (κ1) is 22.9. The number of amides is 3. The molecule has 0 atom stereocenters. The minimum absolute atomic E-state index is 0.0210. The van der Waals surface area contributed by atoms with Crippen LogP contribution < -0.4 is 15.5 Å². The van der Waals surface area contributed by atoms with Crippen molar-refractivity contribution in [2.24, 2.45) is 0 Å². The molecule has 0 unspecified atom stereocenters. The molecule has 2 aromatic carbocycles. The molecule has 0 bridgehead atoms. The minimum Gasteiger partial charge on any atom is -0.354 e. The van der Waals surface area contributed by atoms with Crippen LogP contribution in [0.15, 0.2) is 54.6 Å². The predicted molar refractivity (Wildman–Crippen MR) is 115 cm³/mol. The highest BCUT2D eigenvalue weighted by molar-refractivity contribution is 6.33. The van der Waals surface area contributed by atoms with E-state index in [2.05, 4.69) is 10.6 Å². The van der Waals surface area contributed by atoms with Crippen LogP contribution in [-0.2, 0) is 9.59 Å². The number of carbonyl (C=O) groups excluding carboxylic acids is 3. The number of anilines is 1. The van der Waals surface area contributed by atoms with Crippen molar-refractivity contribution in [1.82, 2.24) is 10.6 Å². The number of halogens is 1. The van der Waals surface area contributed by atoms with Gasteiger partial charge in [-0.1, -0.05) is 41.9 Å². The lowest BCUT2D eigenvalue weighted by Crippen LogP contribution is -2.36. The summed E-state index contributed by atoms with van der Waals surface area (Å²) in [6.45, 7) is 0.747. The lowest BCUT2D eigenvalue weighted by atomic mass is 10.2. The highest BCUT2D eigenvalue weighted by atomic mass is 35.5. The molecule has 0 heterocycles. The first-order valence-corrected chi connectivity index (χ1v) is 9.92. The molecule has 0 aliphatic heterocycles. The van der Waals surface area contributed by atoms with E-state index < -0.39 is 0 Å². The van der Waals surface area contributed by atoms with E-state index in [9.17, 15) is 14.4 Å². The maximum atomic E-state index is 12.5. The molecule has 0 radical (unpaired) electrons. The van der Waals surface area contributed by atoms with Crippen LogP contribution in [0.2, 0.25) is 5.02 Å². The van der Waals surface area contributed by atoms with E-state index in [1.54, 1.807) is 36.4 Å². The standard InChI is InChI=1S/C22H23ClN4O3/c23-19-10-5-4-9-18(19)22(30)26-15-14-25-20(28)11-12-21(29)27(16-6-13-24)17-7-2-1-3-8-17/h1-5,7-10H,6,11-12,14-16H2,(H,25,28)(H,26,30). The Balaban J connectivity index is 1.74. The van der Waals surface area contributed by atoms with Crippen molar-refractivity contribution in [3.8, 4) is 6.07 Å². The first-order valence-electron chi connectivity index (χ1n) is 9.54. The monoisotopic (exact) mass is 426 g/mol. The van der Waals surface area contributed by atoms with Gasteiger partial charge in [-0.15, -0.1) is 0 Å². The number of nitriles is 1. The third-order valence-corrected chi connectivity index (χ3v) is 4.56. The Bertz CT molecular complexity index is 912. The van der Waals surface area contributed by atoms with Crippen LogP contribution in [0.1, 0.15) is 29.6 Å². The van der Waals surface area contributed by atoms with Crippen LogP contribution >= 0.6 is 11.6 Å².